The summed E-state index contributed by atoms with van der Waals surface area (Å²) in [6.07, 6.45) is 2.01. The molecule has 19 heavy (non-hydrogen) atoms. The summed E-state index contributed by atoms with van der Waals surface area (Å²) in [6, 6.07) is 13.7. The maximum absolute atomic E-state index is 12.5. The molecule has 0 spiro atoms. The van der Waals surface area contributed by atoms with Crippen molar-refractivity contribution in [3.63, 3.8) is 0 Å². The maximum atomic E-state index is 12.5. The van der Waals surface area contributed by atoms with Gasteiger partial charge in [-0.15, -0.1) is 0 Å². The first kappa shape index (κ1) is 10.4. The highest BCUT2D eigenvalue weighted by atomic mass is 16.1. The number of benzene rings is 2. The van der Waals surface area contributed by atoms with Crippen LogP contribution in [0.2, 0.25) is 0 Å². The van der Waals surface area contributed by atoms with Gasteiger partial charge in [0.1, 0.15) is 0 Å². The Kier molecular flexibility index (Phi) is 1.90. The van der Waals surface area contributed by atoms with Gasteiger partial charge in [-0.25, -0.2) is 0 Å². The number of fused-ring (bicyclic) bond motifs is 3. The third kappa shape index (κ3) is 1.35. The molecule has 0 amide bonds. The number of aromatic amines is 1. The Morgan fingerprint density at radius 2 is 1.84 bits per heavy atom. The molecular formula is C16H12N2O. The van der Waals surface area contributed by atoms with Gasteiger partial charge < -0.3 is 9.55 Å². The van der Waals surface area contributed by atoms with Crippen LogP contribution in [0, 0.1) is 0 Å². The van der Waals surface area contributed by atoms with E-state index >= 15 is 0 Å². The molecule has 0 saturated heterocycles. The Morgan fingerprint density at radius 3 is 2.74 bits per heavy atom. The average molecular weight is 248 g/mol. The highest BCUT2D eigenvalue weighted by molar-refractivity contribution is 6.00. The van der Waals surface area contributed by atoms with E-state index in [2.05, 4.69) is 11.1 Å². The minimum Gasteiger partial charge on any atom is -0.354 e. The number of aromatic nitrogens is 2. The van der Waals surface area contributed by atoms with Crippen LogP contribution in [0.5, 0.6) is 0 Å². The molecular weight excluding hydrogens is 236 g/mol. The lowest BCUT2D eigenvalue weighted by atomic mass is 10.1. The molecule has 4 aromatic rings. The molecule has 2 aromatic carbocycles. The van der Waals surface area contributed by atoms with Crippen molar-refractivity contribution in [3.05, 3.63) is 58.9 Å². The largest absolute Gasteiger partial charge is 0.354 e. The molecule has 0 saturated carbocycles. The minimum absolute atomic E-state index is 0.0902. The predicted octanol–water partition coefficient (Wildman–Crippen LogP) is 3.17. The van der Waals surface area contributed by atoms with Crippen LogP contribution >= 0.6 is 0 Å². The van der Waals surface area contributed by atoms with Gasteiger partial charge in [-0.05, 0) is 30.3 Å². The van der Waals surface area contributed by atoms with Gasteiger partial charge in [-0.2, -0.15) is 0 Å². The molecule has 0 aliphatic rings. The smallest absolute Gasteiger partial charge is 0.197 e. The second-order valence-electron chi connectivity index (χ2n) is 4.88. The average Bonchev–Trinajstić information content (AvgIpc) is 2.78. The standard InChI is InChI=1S/C16H12N2O/c1-18-7-6-10-8-14-12(9-15(10)18)16(19)11-4-2-3-5-13(11)17-14/h2-9H,1H3,(H,17,19). The molecule has 4 rings (SSSR count). The summed E-state index contributed by atoms with van der Waals surface area (Å²) in [5, 5.41) is 2.62. The van der Waals surface area contributed by atoms with Crippen LogP contribution in [0.25, 0.3) is 32.7 Å². The fourth-order valence-corrected chi connectivity index (χ4v) is 2.69. The van der Waals surface area contributed by atoms with Gasteiger partial charge in [0.25, 0.3) is 0 Å². The zero-order valence-electron chi connectivity index (χ0n) is 10.5. The first-order valence-corrected chi connectivity index (χ1v) is 6.24. The van der Waals surface area contributed by atoms with E-state index in [4.69, 9.17) is 0 Å². The van der Waals surface area contributed by atoms with Gasteiger partial charge in [0.2, 0.25) is 0 Å². The molecule has 3 heteroatoms. The van der Waals surface area contributed by atoms with Crippen LogP contribution in [0.15, 0.2) is 53.5 Å². The van der Waals surface area contributed by atoms with Crippen LogP contribution in [0.4, 0.5) is 0 Å². The van der Waals surface area contributed by atoms with Crippen molar-refractivity contribution in [1.82, 2.24) is 9.55 Å². The number of hydrogen-bond donors (Lipinski definition) is 1. The van der Waals surface area contributed by atoms with E-state index in [1.807, 2.05) is 54.2 Å². The molecule has 0 aliphatic heterocycles. The summed E-state index contributed by atoms with van der Waals surface area (Å²) in [6.45, 7) is 0. The molecule has 0 aliphatic carbocycles. The predicted molar refractivity (Wildman–Crippen MR) is 78.6 cm³/mol. The molecule has 0 unspecified atom stereocenters. The van der Waals surface area contributed by atoms with Gasteiger partial charge in [0.15, 0.2) is 5.43 Å². The topological polar surface area (TPSA) is 37.8 Å². The number of hydrogen-bond acceptors (Lipinski definition) is 1. The van der Waals surface area contributed by atoms with Crippen molar-refractivity contribution >= 4 is 32.7 Å². The van der Waals surface area contributed by atoms with E-state index < -0.39 is 0 Å². The lowest BCUT2D eigenvalue weighted by molar-refractivity contribution is 0.970. The van der Waals surface area contributed by atoms with Crippen molar-refractivity contribution in [3.8, 4) is 0 Å². The highest BCUT2D eigenvalue weighted by Gasteiger charge is 2.07. The summed E-state index contributed by atoms with van der Waals surface area (Å²) in [5.74, 6) is 0. The molecule has 0 radical (unpaired) electrons. The molecule has 2 aromatic heterocycles. The molecule has 3 nitrogen and oxygen atoms in total. The van der Waals surface area contributed by atoms with Gasteiger partial charge in [-0.1, -0.05) is 12.1 Å². The van der Waals surface area contributed by atoms with Crippen LogP contribution in [0.3, 0.4) is 0 Å². The highest BCUT2D eigenvalue weighted by Crippen LogP contribution is 2.22. The summed E-state index contributed by atoms with van der Waals surface area (Å²) in [5.41, 5.74) is 2.94. The fourth-order valence-electron chi connectivity index (χ4n) is 2.69. The van der Waals surface area contributed by atoms with Crippen molar-refractivity contribution in [2.45, 2.75) is 0 Å². The Bertz CT molecular complexity index is 992. The second-order valence-corrected chi connectivity index (χ2v) is 4.88. The number of aryl methyl sites for hydroxylation is 1. The quantitative estimate of drug-likeness (QED) is 0.477. The first-order valence-electron chi connectivity index (χ1n) is 6.24. The fraction of sp³-hybridized carbons (Fsp3) is 0.0625. The van der Waals surface area contributed by atoms with Crippen molar-refractivity contribution in [2.75, 3.05) is 0 Å². The van der Waals surface area contributed by atoms with Crippen LogP contribution in [-0.2, 0) is 7.05 Å². The SMILES string of the molecule is Cn1ccc2cc3[nH]c4ccccc4c(=O)c3cc21. The van der Waals surface area contributed by atoms with Crippen LogP contribution in [-0.4, -0.2) is 9.55 Å². The third-order valence-corrected chi connectivity index (χ3v) is 3.71. The number of para-hydroxylation sites is 1. The summed E-state index contributed by atoms with van der Waals surface area (Å²) in [7, 11) is 1.99. The van der Waals surface area contributed by atoms with Gasteiger partial charge in [0.05, 0.1) is 5.52 Å². The van der Waals surface area contributed by atoms with E-state index in [1.54, 1.807) is 0 Å². The Hall–Kier alpha value is -2.55. The number of nitrogens with one attached hydrogen (secondary N) is 1. The number of rotatable bonds is 0. The summed E-state index contributed by atoms with van der Waals surface area (Å²) in [4.78, 5) is 15.9. The lowest BCUT2D eigenvalue weighted by Crippen LogP contribution is -2.04. The normalized spacial score (nSPS) is 11.6. The monoisotopic (exact) mass is 248 g/mol. The number of H-pyrrole nitrogens is 1. The zero-order valence-corrected chi connectivity index (χ0v) is 10.5. The molecule has 1 N–H and O–H groups in total. The molecule has 0 atom stereocenters. The molecule has 92 valence electrons. The van der Waals surface area contributed by atoms with E-state index in [9.17, 15) is 4.79 Å². The Morgan fingerprint density at radius 1 is 1.00 bits per heavy atom. The summed E-state index contributed by atoms with van der Waals surface area (Å²) < 4.78 is 2.03. The minimum atomic E-state index is 0.0902. The van der Waals surface area contributed by atoms with E-state index in [1.165, 1.54) is 0 Å². The number of pyridine rings is 1. The first-order chi connectivity index (χ1) is 9.24. The Balaban J connectivity index is 2.30. The number of nitrogens with zero attached hydrogens (tertiary/aromatic N) is 1. The molecule has 0 bridgehead atoms. The molecule has 2 heterocycles. The van der Waals surface area contributed by atoms with Gasteiger partial charge >= 0.3 is 0 Å². The van der Waals surface area contributed by atoms with Crippen LogP contribution < -0.4 is 5.43 Å². The van der Waals surface area contributed by atoms with E-state index in [0.29, 0.717) is 0 Å². The maximum Gasteiger partial charge on any atom is 0.197 e. The zero-order chi connectivity index (χ0) is 13.0. The summed E-state index contributed by atoms with van der Waals surface area (Å²) >= 11 is 0. The van der Waals surface area contributed by atoms with E-state index in [0.717, 1.165) is 32.7 Å². The molecule has 0 fully saturated rings. The van der Waals surface area contributed by atoms with Crippen molar-refractivity contribution in [2.24, 2.45) is 7.05 Å². The van der Waals surface area contributed by atoms with E-state index in [-0.39, 0.29) is 5.43 Å². The third-order valence-electron chi connectivity index (χ3n) is 3.71. The van der Waals surface area contributed by atoms with Gasteiger partial charge in [-0.3, -0.25) is 4.79 Å². The van der Waals surface area contributed by atoms with Gasteiger partial charge in [0, 0.05) is 40.4 Å². The van der Waals surface area contributed by atoms with Crippen molar-refractivity contribution < 1.29 is 0 Å². The lowest BCUT2D eigenvalue weighted by Gasteiger charge is -2.04. The Labute approximate surface area is 109 Å². The van der Waals surface area contributed by atoms with Crippen LogP contribution in [0.1, 0.15) is 0 Å². The van der Waals surface area contributed by atoms with Crippen molar-refractivity contribution in [1.29, 1.82) is 0 Å². The second kappa shape index (κ2) is 3.48.